The van der Waals surface area contributed by atoms with Gasteiger partial charge in [0.15, 0.2) is 0 Å². The van der Waals surface area contributed by atoms with Crippen molar-refractivity contribution in [2.24, 2.45) is 5.92 Å². The second kappa shape index (κ2) is 4.92. The third-order valence-electron chi connectivity index (χ3n) is 4.48. The van der Waals surface area contributed by atoms with E-state index in [9.17, 15) is 0 Å². The lowest BCUT2D eigenvalue weighted by Gasteiger charge is -2.37. The van der Waals surface area contributed by atoms with Gasteiger partial charge in [0, 0.05) is 17.9 Å². The van der Waals surface area contributed by atoms with E-state index in [-0.39, 0.29) is 4.32 Å². The summed E-state index contributed by atoms with van der Waals surface area (Å²) in [5.74, 6) is 0.513. The smallest absolute Gasteiger partial charge is 0.114 e. The number of fused-ring (bicyclic) bond motifs is 6. The molecule has 2 fully saturated rings. The van der Waals surface area contributed by atoms with E-state index in [1.54, 1.807) is 0 Å². The Kier molecular flexibility index (Phi) is 3.66. The Bertz CT molecular complexity index is 630. The van der Waals surface area contributed by atoms with Crippen LogP contribution in [0.3, 0.4) is 0 Å². The molecule has 0 N–H and O–H groups in total. The van der Waals surface area contributed by atoms with E-state index in [1.165, 1.54) is 24.8 Å². The number of hydrogen-bond acceptors (Lipinski definition) is 1. The van der Waals surface area contributed by atoms with Gasteiger partial charge in [-0.3, -0.25) is 0 Å². The normalized spacial score (nSPS) is 45.8. The number of alkyl halides is 2. The second-order valence-corrected chi connectivity index (χ2v) is 11.1. The molecule has 5 atom stereocenters. The Morgan fingerprint density at radius 2 is 2.10 bits per heavy atom. The summed E-state index contributed by atoms with van der Waals surface area (Å²) in [6.45, 7) is 2.24. The van der Waals surface area contributed by atoms with E-state index in [0.717, 1.165) is 6.42 Å². The molecule has 3 aliphatic carbocycles. The van der Waals surface area contributed by atoms with Crippen molar-refractivity contribution in [2.45, 2.75) is 33.8 Å². The average molecular weight is 622 g/mol. The van der Waals surface area contributed by atoms with Crippen LogP contribution in [0.4, 0.5) is 0 Å². The first-order chi connectivity index (χ1) is 9.38. The van der Waals surface area contributed by atoms with E-state index >= 15 is 0 Å². The van der Waals surface area contributed by atoms with Gasteiger partial charge < -0.3 is 4.74 Å². The van der Waals surface area contributed by atoms with E-state index in [0.29, 0.717) is 22.1 Å². The van der Waals surface area contributed by atoms with Crippen LogP contribution in [0, 0.1) is 5.92 Å². The standard InChI is InChI=1S/C15H12Br2I2O/c1-15(17)5-9-7(4-12(15)19)6-3-11(18)10(16)2-8(6)13-14(9)20-13/h2,4-6,12-14H,3H2,1H3/t6?,12?,13?,14?,15-/m1/s1. The minimum Gasteiger partial charge on any atom is -0.360 e. The lowest BCUT2D eigenvalue weighted by Crippen LogP contribution is -2.34. The lowest BCUT2D eigenvalue weighted by atomic mass is 9.71. The molecule has 0 aromatic rings. The minimum absolute atomic E-state index is 0.0440. The van der Waals surface area contributed by atoms with E-state index in [2.05, 4.69) is 102 Å². The molecule has 0 radical (unpaired) electrons. The Morgan fingerprint density at radius 1 is 1.35 bits per heavy atom. The molecule has 0 aromatic carbocycles. The predicted octanol–water partition coefficient (Wildman–Crippen LogP) is 5.58. The summed E-state index contributed by atoms with van der Waals surface area (Å²) in [5, 5.41) is 0. The van der Waals surface area contributed by atoms with Crippen LogP contribution in [0.2, 0.25) is 0 Å². The maximum atomic E-state index is 5.98. The molecule has 1 nitrogen and oxygen atoms in total. The quantitative estimate of drug-likeness (QED) is 0.196. The zero-order chi connectivity index (χ0) is 14.2. The Labute approximate surface area is 162 Å². The van der Waals surface area contributed by atoms with Crippen LogP contribution in [0.1, 0.15) is 13.3 Å². The topological polar surface area (TPSA) is 12.5 Å². The highest BCUT2D eigenvalue weighted by molar-refractivity contribution is 14.1. The average Bonchev–Trinajstić information content (AvgIpc) is 3.14. The molecule has 1 saturated heterocycles. The molecule has 20 heavy (non-hydrogen) atoms. The summed E-state index contributed by atoms with van der Waals surface area (Å²) < 4.78 is 9.15. The van der Waals surface area contributed by atoms with Crippen LogP contribution >= 0.6 is 77.0 Å². The summed E-state index contributed by atoms with van der Waals surface area (Å²) in [5.41, 5.74) is 4.39. The number of allylic oxidation sites excluding steroid dienone is 5. The van der Waals surface area contributed by atoms with Crippen LogP contribution in [-0.2, 0) is 4.74 Å². The molecule has 106 valence electrons. The van der Waals surface area contributed by atoms with Crippen molar-refractivity contribution in [3.63, 3.8) is 0 Å². The van der Waals surface area contributed by atoms with Gasteiger partial charge in [0.1, 0.15) is 12.2 Å². The highest BCUT2D eigenvalue weighted by Crippen LogP contribution is 2.57. The maximum absolute atomic E-state index is 5.98. The fraction of sp³-hybridized carbons (Fsp3) is 0.467. The van der Waals surface area contributed by atoms with Crippen molar-refractivity contribution < 1.29 is 4.74 Å². The summed E-state index contributed by atoms with van der Waals surface area (Å²) in [4.78, 5) is 0. The van der Waals surface area contributed by atoms with Crippen LogP contribution in [0.15, 0.2) is 43.0 Å². The predicted molar refractivity (Wildman–Crippen MR) is 106 cm³/mol. The highest BCUT2D eigenvalue weighted by Gasteiger charge is 2.55. The summed E-state index contributed by atoms with van der Waals surface area (Å²) in [6, 6.07) is 0. The third-order valence-corrected chi connectivity index (χ3v) is 10.2. The van der Waals surface area contributed by atoms with E-state index in [1.807, 2.05) is 0 Å². The molecule has 1 heterocycles. The molecule has 1 aliphatic heterocycles. The van der Waals surface area contributed by atoms with Gasteiger partial charge in [0.2, 0.25) is 0 Å². The van der Waals surface area contributed by atoms with Crippen LogP contribution < -0.4 is 0 Å². The lowest BCUT2D eigenvalue weighted by molar-refractivity contribution is 0.402. The number of ether oxygens (including phenoxy) is 1. The van der Waals surface area contributed by atoms with E-state index in [4.69, 9.17) is 4.74 Å². The van der Waals surface area contributed by atoms with Crippen molar-refractivity contribution in [1.29, 1.82) is 0 Å². The highest BCUT2D eigenvalue weighted by atomic mass is 127. The van der Waals surface area contributed by atoms with Crippen LogP contribution in [0.5, 0.6) is 0 Å². The molecule has 0 bridgehead atoms. The number of halogens is 4. The minimum atomic E-state index is 0.0440. The van der Waals surface area contributed by atoms with Gasteiger partial charge in [0.25, 0.3) is 0 Å². The summed E-state index contributed by atoms with van der Waals surface area (Å²) in [7, 11) is 0. The summed E-state index contributed by atoms with van der Waals surface area (Å²) >= 11 is 12.5. The number of epoxide rings is 1. The zero-order valence-electron chi connectivity index (χ0n) is 10.7. The SMILES string of the molecule is C[C@@]1(Br)C=C2C(=CC1I)C1CC(I)=C(Br)C=C1C1OC21. The van der Waals surface area contributed by atoms with Crippen molar-refractivity contribution in [2.75, 3.05) is 0 Å². The molecule has 4 rings (SSSR count). The Hall–Kier alpha value is 1.34. The molecule has 1 saturated carbocycles. The van der Waals surface area contributed by atoms with Gasteiger partial charge in [-0.25, -0.2) is 0 Å². The molecule has 0 amide bonds. The second-order valence-electron chi connectivity index (χ2n) is 5.91. The third kappa shape index (κ3) is 2.20. The molecule has 5 heteroatoms. The van der Waals surface area contributed by atoms with Crippen molar-refractivity contribution in [3.8, 4) is 0 Å². The van der Waals surface area contributed by atoms with Crippen molar-refractivity contribution in [1.82, 2.24) is 0 Å². The molecule has 0 spiro atoms. The van der Waals surface area contributed by atoms with E-state index < -0.39 is 0 Å². The first-order valence-corrected chi connectivity index (χ1v) is 10.5. The van der Waals surface area contributed by atoms with Crippen molar-refractivity contribution >= 4 is 77.0 Å². The van der Waals surface area contributed by atoms with Gasteiger partial charge in [-0.05, 0) is 58.7 Å². The fourth-order valence-corrected chi connectivity index (χ4v) is 5.31. The Morgan fingerprint density at radius 3 is 2.85 bits per heavy atom. The summed E-state index contributed by atoms with van der Waals surface area (Å²) in [6.07, 6.45) is 8.84. The van der Waals surface area contributed by atoms with Gasteiger partial charge in [-0.1, -0.05) is 66.6 Å². The number of hydrogen-bond donors (Lipinski definition) is 0. The Balaban J connectivity index is 1.82. The molecule has 4 aliphatic rings. The first-order valence-electron chi connectivity index (χ1n) is 6.57. The first kappa shape index (κ1) is 14.9. The maximum Gasteiger partial charge on any atom is 0.114 e. The molecular weight excluding hydrogens is 610 g/mol. The zero-order valence-corrected chi connectivity index (χ0v) is 18.2. The largest absolute Gasteiger partial charge is 0.360 e. The molecular formula is C15H12Br2I2O. The van der Waals surface area contributed by atoms with Crippen LogP contribution in [0.25, 0.3) is 0 Å². The monoisotopic (exact) mass is 620 g/mol. The van der Waals surface area contributed by atoms with Crippen LogP contribution in [-0.4, -0.2) is 20.5 Å². The number of rotatable bonds is 0. The molecule has 4 unspecified atom stereocenters. The van der Waals surface area contributed by atoms with Gasteiger partial charge >= 0.3 is 0 Å². The van der Waals surface area contributed by atoms with Gasteiger partial charge in [-0.15, -0.1) is 0 Å². The molecule has 0 aromatic heterocycles. The fourth-order valence-electron chi connectivity index (χ4n) is 3.34. The van der Waals surface area contributed by atoms with Gasteiger partial charge in [0.05, 0.1) is 4.32 Å². The van der Waals surface area contributed by atoms with Crippen molar-refractivity contribution in [3.05, 3.63) is 43.0 Å². The van der Waals surface area contributed by atoms with Gasteiger partial charge in [-0.2, -0.15) is 0 Å².